The lowest BCUT2D eigenvalue weighted by atomic mass is 9.79. The Kier molecular flexibility index (Phi) is 4.58. The second kappa shape index (κ2) is 6.02. The van der Waals surface area contributed by atoms with Crippen LogP contribution in [0.3, 0.4) is 0 Å². The lowest BCUT2D eigenvalue weighted by Crippen LogP contribution is -2.34. The van der Waals surface area contributed by atoms with Crippen LogP contribution in [0.4, 0.5) is 4.39 Å². The van der Waals surface area contributed by atoms with Crippen LogP contribution < -0.4 is 0 Å². The third-order valence-electron chi connectivity index (χ3n) is 3.82. The van der Waals surface area contributed by atoms with Crippen molar-refractivity contribution < 1.29 is 9.18 Å². The average molecular weight is 284 g/mol. The van der Waals surface area contributed by atoms with E-state index in [9.17, 15) is 9.18 Å². The Bertz CT molecular complexity index is 475. The molecule has 0 aromatic heterocycles. The van der Waals surface area contributed by atoms with Crippen molar-refractivity contribution >= 4 is 17.4 Å². The molecule has 0 N–H and O–H groups in total. The average Bonchev–Trinajstić information content (AvgIpc) is 2.34. The summed E-state index contributed by atoms with van der Waals surface area (Å²) >= 11 is 6.16. The maximum atomic E-state index is 13.2. The third-order valence-corrected chi connectivity index (χ3v) is 4.15. The van der Waals surface area contributed by atoms with Crippen LogP contribution in [-0.4, -0.2) is 24.8 Å². The Balaban J connectivity index is 2.36. The van der Waals surface area contributed by atoms with E-state index in [1.54, 1.807) is 6.07 Å². The van der Waals surface area contributed by atoms with Crippen molar-refractivity contribution in [2.45, 2.75) is 31.7 Å². The fourth-order valence-electron chi connectivity index (χ4n) is 2.94. The van der Waals surface area contributed by atoms with E-state index in [4.69, 9.17) is 11.6 Å². The van der Waals surface area contributed by atoms with Crippen molar-refractivity contribution in [1.82, 2.24) is 4.90 Å². The highest BCUT2D eigenvalue weighted by Crippen LogP contribution is 2.38. The van der Waals surface area contributed by atoms with Crippen molar-refractivity contribution in [1.29, 1.82) is 0 Å². The van der Waals surface area contributed by atoms with Crippen LogP contribution in [0, 0.1) is 11.7 Å². The zero-order valence-corrected chi connectivity index (χ0v) is 12.1. The topological polar surface area (TPSA) is 20.3 Å². The van der Waals surface area contributed by atoms with E-state index in [-0.39, 0.29) is 17.8 Å². The largest absolute Gasteiger partial charge is 0.302 e. The number of nitrogens with zero attached hydrogens (tertiary/aromatic N) is 1. The van der Waals surface area contributed by atoms with Gasteiger partial charge >= 0.3 is 0 Å². The van der Waals surface area contributed by atoms with Gasteiger partial charge in [-0.05, 0) is 44.6 Å². The van der Waals surface area contributed by atoms with E-state index in [2.05, 4.69) is 0 Å². The zero-order chi connectivity index (χ0) is 14.0. The molecule has 1 aliphatic carbocycles. The predicted molar refractivity (Wildman–Crippen MR) is 74.8 cm³/mol. The van der Waals surface area contributed by atoms with Gasteiger partial charge in [-0.3, -0.25) is 4.79 Å². The summed E-state index contributed by atoms with van der Waals surface area (Å²) in [7, 11) is 3.87. The maximum absolute atomic E-state index is 13.2. The highest BCUT2D eigenvalue weighted by Gasteiger charge is 2.33. The second-order valence-corrected chi connectivity index (χ2v) is 5.80. The highest BCUT2D eigenvalue weighted by atomic mass is 35.5. The lowest BCUT2D eigenvalue weighted by molar-refractivity contribution is -0.126. The number of carbonyl (C=O) groups excluding carboxylic acids is 1. The molecule has 4 heteroatoms. The first-order valence-corrected chi connectivity index (χ1v) is 7.02. The molecule has 1 saturated carbocycles. The number of carbonyl (C=O) groups is 1. The van der Waals surface area contributed by atoms with Gasteiger partial charge in [-0.1, -0.05) is 24.1 Å². The number of rotatable bonds is 3. The van der Waals surface area contributed by atoms with Gasteiger partial charge in [-0.25, -0.2) is 4.39 Å². The molecule has 0 bridgehead atoms. The third kappa shape index (κ3) is 3.15. The van der Waals surface area contributed by atoms with Gasteiger partial charge in [0.2, 0.25) is 0 Å². The number of hydrogen-bond acceptors (Lipinski definition) is 2. The molecule has 2 unspecified atom stereocenters. The molecule has 0 radical (unpaired) electrons. The van der Waals surface area contributed by atoms with Crippen molar-refractivity contribution in [2.24, 2.45) is 5.92 Å². The van der Waals surface area contributed by atoms with Crippen LogP contribution in [0.25, 0.3) is 0 Å². The SMILES string of the molecule is CN(C)C(c1ccc(F)cc1Cl)C1CCCCC1=O. The molecule has 19 heavy (non-hydrogen) atoms. The molecule has 0 heterocycles. The van der Waals surface area contributed by atoms with E-state index >= 15 is 0 Å². The van der Waals surface area contributed by atoms with Crippen LogP contribution in [0.1, 0.15) is 37.3 Å². The van der Waals surface area contributed by atoms with Gasteiger partial charge in [0, 0.05) is 23.4 Å². The van der Waals surface area contributed by atoms with Crippen molar-refractivity contribution in [3.05, 3.63) is 34.6 Å². The van der Waals surface area contributed by atoms with Crippen LogP contribution in [0.2, 0.25) is 5.02 Å². The van der Waals surface area contributed by atoms with Gasteiger partial charge in [-0.2, -0.15) is 0 Å². The van der Waals surface area contributed by atoms with Gasteiger partial charge < -0.3 is 4.90 Å². The summed E-state index contributed by atoms with van der Waals surface area (Å²) in [4.78, 5) is 14.2. The summed E-state index contributed by atoms with van der Waals surface area (Å²) < 4.78 is 13.2. The lowest BCUT2D eigenvalue weighted by Gasteiger charge is -2.34. The minimum Gasteiger partial charge on any atom is -0.302 e. The van der Waals surface area contributed by atoms with Crippen LogP contribution >= 0.6 is 11.6 Å². The minimum atomic E-state index is -0.346. The van der Waals surface area contributed by atoms with E-state index in [1.807, 2.05) is 19.0 Å². The molecule has 0 amide bonds. The Morgan fingerprint density at radius 2 is 2.11 bits per heavy atom. The Hall–Kier alpha value is -0.930. The van der Waals surface area contributed by atoms with Gasteiger partial charge in [-0.15, -0.1) is 0 Å². The summed E-state index contributed by atoms with van der Waals surface area (Å²) in [6.07, 6.45) is 3.58. The van der Waals surface area contributed by atoms with Crippen molar-refractivity contribution in [3.63, 3.8) is 0 Å². The standard InChI is InChI=1S/C15H19ClFNO/c1-18(2)15(12-5-3-4-6-14(12)19)11-8-7-10(17)9-13(11)16/h7-9,12,15H,3-6H2,1-2H3. The fourth-order valence-corrected chi connectivity index (χ4v) is 3.22. The summed E-state index contributed by atoms with van der Waals surface area (Å²) in [6.45, 7) is 0. The molecule has 0 aliphatic heterocycles. The molecule has 2 nitrogen and oxygen atoms in total. The zero-order valence-electron chi connectivity index (χ0n) is 11.3. The van der Waals surface area contributed by atoms with Gasteiger partial charge in [0.25, 0.3) is 0 Å². The molecule has 2 rings (SSSR count). The molecule has 1 aliphatic rings. The molecule has 1 fully saturated rings. The summed E-state index contributed by atoms with van der Waals surface area (Å²) in [5.74, 6) is -0.0849. The Morgan fingerprint density at radius 3 is 2.68 bits per heavy atom. The second-order valence-electron chi connectivity index (χ2n) is 5.39. The molecule has 0 spiro atoms. The Labute approximate surface area is 118 Å². The first-order chi connectivity index (χ1) is 9.00. The first kappa shape index (κ1) is 14.5. The molecule has 104 valence electrons. The summed E-state index contributed by atoms with van der Waals surface area (Å²) in [5.41, 5.74) is 0.841. The monoisotopic (exact) mass is 283 g/mol. The molecule has 0 saturated heterocycles. The minimum absolute atomic E-state index is 0.0355. The van der Waals surface area contributed by atoms with Crippen LogP contribution in [-0.2, 0) is 4.79 Å². The van der Waals surface area contributed by atoms with Gasteiger partial charge in [0.1, 0.15) is 11.6 Å². The first-order valence-electron chi connectivity index (χ1n) is 6.65. The van der Waals surface area contributed by atoms with E-state index in [1.165, 1.54) is 12.1 Å². The number of hydrogen-bond donors (Lipinski definition) is 0. The van der Waals surface area contributed by atoms with Crippen LogP contribution in [0.5, 0.6) is 0 Å². The van der Waals surface area contributed by atoms with Gasteiger partial charge in [0.05, 0.1) is 0 Å². The summed E-state index contributed by atoms with van der Waals surface area (Å²) in [6, 6.07) is 4.36. The molecule has 1 aromatic carbocycles. The van der Waals surface area contributed by atoms with Crippen molar-refractivity contribution in [3.8, 4) is 0 Å². The van der Waals surface area contributed by atoms with Gasteiger partial charge in [0.15, 0.2) is 0 Å². The van der Waals surface area contributed by atoms with E-state index in [0.717, 1.165) is 24.8 Å². The van der Waals surface area contributed by atoms with Crippen LogP contribution in [0.15, 0.2) is 18.2 Å². The molecule has 1 aromatic rings. The predicted octanol–water partition coefficient (Wildman–Crippen LogP) is 3.84. The normalized spacial score (nSPS) is 21.7. The number of ketones is 1. The van der Waals surface area contributed by atoms with E-state index < -0.39 is 0 Å². The fraction of sp³-hybridized carbons (Fsp3) is 0.533. The summed E-state index contributed by atoms with van der Waals surface area (Å²) in [5, 5.41) is 0.400. The smallest absolute Gasteiger partial charge is 0.137 e. The molecular weight excluding hydrogens is 265 g/mol. The highest BCUT2D eigenvalue weighted by molar-refractivity contribution is 6.31. The van der Waals surface area contributed by atoms with Crippen molar-refractivity contribution in [2.75, 3.05) is 14.1 Å². The number of Topliss-reactive ketones (excluding diaryl/α,β-unsaturated/α-hetero) is 1. The Morgan fingerprint density at radius 1 is 1.37 bits per heavy atom. The van der Waals surface area contributed by atoms with E-state index in [0.29, 0.717) is 17.2 Å². The number of benzene rings is 1. The molecular formula is C15H19ClFNO. The maximum Gasteiger partial charge on any atom is 0.137 e. The molecule has 2 atom stereocenters. The quantitative estimate of drug-likeness (QED) is 0.840. The number of halogens is 2.